The van der Waals surface area contributed by atoms with Crippen LogP contribution in [0.1, 0.15) is 0 Å². The van der Waals surface area contributed by atoms with Gasteiger partial charge in [-0.3, -0.25) is 18.9 Å². The minimum absolute atomic E-state index is 0.0556. The molecule has 11 nitrogen and oxygen atoms in total. The van der Waals surface area contributed by atoms with Crippen LogP contribution in [0.4, 0.5) is 0 Å². The molecule has 0 fully saturated rings. The summed E-state index contributed by atoms with van der Waals surface area (Å²) in [5, 5.41) is 0. The van der Waals surface area contributed by atoms with Crippen molar-refractivity contribution in [1.29, 1.82) is 0 Å². The van der Waals surface area contributed by atoms with E-state index in [1.807, 2.05) is 0 Å². The summed E-state index contributed by atoms with van der Waals surface area (Å²) in [5.74, 6) is 0.307. The minimum Gasteiger partial charge on any atom is -0.475 e. The van der Waals surface area contributed by atoms with E-state index in [9.17, 15) is 18.0 Å². The molecule has 0 amide bonds. The molecule has 0 saturated carbocycles. The zero-order valence-corrected chi connectivity index (χ0v) is 18.1. The highest BCUT2D eigenvalue weighted by Gasteiger charge is 2.16. The summed E-state index contributed by atoms with van der Waals surface area (Å²) in [7, 11) is -0.745. The Hall–Kier alpha value is -3.77. The number of benzene rings is 1. The summed E-state index contributed by atoms with van der Waals surface area (Å²) in [6.45, 7) is 0.152. The van der Waals surface area contributed by atoms with Crippen molar-refractivity contribution in [2.45, 2.75) is 4.90 Å². The minimum atomic E-state index is -3.74. The van der Waals surface area contributed by atoms with Crippen molar-refractivity contribution in [1.82, 2.24) is 28.8 Å². The van der Waals surface area contributed by atoms with Crippen LogP contribution in [0.25, 0.3) is 22.3 Å². The summed E-state index contributed by atoms with van der Waals surface area (Å²) < 4.78 is 35.2. The highest BCUT2D eigenvalue weighted by Crippen LogP contribution is 2.23. The normalized spacial score (nSPS) is 11.7. The van der Waals surface area contributed by atoms with E-state index in [1.165, 1.54) is 42.3 Å². The van der Waals surface area contributed by atoms with Crippen molar-refractivity contribution in [3.8, 4) is 17.1 Å². The first-order chi connectivity index (χ1) is 15.3. The molecule has 32 heavy (non-hydrogen) atoms. The smallest absolute Gasteiger partial charge is 0.331 e. The van der Waals surface area contributed by atoms with Gasteiger partial charge in [-0.05, 0) is 23.8 Å². The molecule has 1 aromatic carbocycles. The van der Waals surface area contributed by atoms with Crippen LogP contribution in [0, 0.1) is 0 Å². The van der Waals surface area contributed by atoms with Gasteiger partial charge in [0, 0.05) is 38.7 Å². The highest BCUT2D eigenvalue weighted by atomic mass is 32.2. The van der Waals surface area contributed by atoms with Crippen molar-refractivity contribution >= 4 is 21.1 Å². The molecule has 0 atom stereocenters. The highest BCUT2D eigenvalue weighted by molar-refractivity contribution is 7.89. The van der Waals surface area contributed by atoms with Gasteiger partial charge < -0.3 is 9.72 Å². The van der Waals surface area contributed by atoms with Crippen LogP contribution >= 0.6 is 0 Å². The van der Waals surface area contributed by atoms with E-state index >= 15 is 0 Å². The number of hydrogen-bond donors (Lipinski definition) is 2. The van der Waals surface area contributed by atoms with Crippen molar-refractivity contribution in [2.24, 2.45) is 14.1 Å². The average molecular weight is 456 g/mol. The molecule has 0 spiro atoms. The zero-order valence-electron chi connectivity index (χ0n) is 17.3. The molecule has 2 N–H and O–H groups in total. The SMILES string of the molecule is Cn1c(=O)c2[nH]c(-c3ccc(S(=O)(=O)NCCOc4cnccn4)cc3)cc2n(C)c1=O. The van der Waals surface area contributed by atoms with E-state index in [0.717, 1.165) is 4.57 Å². The number of aryl methyl sites for hydroxylation is 1. The van der Waals surface area contributed by atoms with Gasteiger partial charge in [-0.25, -0.2) is 22.9 Å². The van der Waals surface area contributed by atoms with Crippen molar-refractivity contribution in [2.75, 3.05) is 13.2 Å². The van der Waals surface area contributed by atoms with Crippen LogP contribution in [-0.4, -0.2) is 45.7 Å². The van der Waals surface area contributed by atoms with Gasteiger partial charge >= 0.3 is 5.69 Å². The van der Waals surface area contributed by atoms with E-state index in [4.69, 9.17) is 4.74 Å². The van der Waals surface area contributed by atoms with E-state index in [0.29, 0.717) is 28.2 Å². The molecule has 0 aliphatic rings. The fourth-order valence-corrected chi connectivity index (χ4v) is 4.21. The van der Waals surface area contributed by atoms with Crippen LogP contribution < -0.4 is 20.7 Å². The van der Waals surface area contributed by atoms with E-state index in [-0.39, 0.29) is 18.0 Å². The predicted octanol–water partition coefficient (Wildman–Crippen LogP) is 0.380. The molecule has 0 aliphatic carbocycles. The molecule has 0 aliphatic heterocycles. The number of sulfonamides is 1. The van der Waals surface area contributed by atoms with Crippen LogP contribution in [0.3, 0.4) is 0 Å². The Morgan fingerprint density at radius 1 is 1.09 bits per heavy atom. The lowest BCUT2D eigenvalue weighted by atomic mass is 10.1. The molecule has 166 valence electrons. The van der Waals surface area contributed by atoms with Crippen LogP contribution in [0.15, 0.2) is 63.4 Å². The van der Waals surface area contributed by atoms with Gasteiger partial charge in [-0.15, -0.1) is 0 Å². The Bertz CT molecular complexity index is 1490. The molecule has 0 bridgehead atoms. The summed E-state index contributed by atoms with van der Waals surface area (Å²) in [6, 6.07) is 7.85. The monoisotopic (exact) mass is 456 g/mol. The Morgan fingerprint density at radius 3 is 2.53 bits per heavy atom. The number of aromatic nitrogens is 5. The quantitative estimate of drug-likeness (QED) is 0.383. The molecular formula is C20H20N6O5S. The molecule has 0 unspecified atom stereocenters. The number of rotatable bonds is 7. The number of nitrogens with one attached hydrogen (secondary N) is 2. The molecule has 0 saturated heterocycles. The molecule has 3 aromatic heterocycles. The van der Waals surface area contributed by atoms with Crippen LogP contribution in [0.2, 0.25) is 0 Å². The third-order valence-electron chi connectivity index (χ3n) is 4.91. The maximum atomic E-state index is 12.5. The molecule has 4 aromatic rings. The van der Waals surface area contributed by atoms with Gasteiger partial charge in [0.05, 0.1) is 16.6 Å². The number of fused-ring (bicyclic) bond motifs is 1. The van der Waals surface area contributed by atoms with Gasteiger partial charge in [0.1, 0.15) is 12.1 Å². The van der Waals surface area contributed by atoms with Gasteiger partial charge in [0.25, 0.3) is 5.56 Å². The standard InChI is InChI=1S/C20H20N6O5S/c1-25-16-11-15(24-18(16)19(27)26(2)20(25)28)13-3-5-14(6-4-13)32(29,30)23-9-10-31-17-12-21-7-8-22-17/h3-8,11-12,23-24H,9-10H2,1-2H3. The van der Waals surface area contributed by atoms with Gasteiger partial charge in [-0.1, -0.05) is 12.1 Å². The number of hydrogen-bond acceptors (Lipinski definition) is 7. The Balaban J connectivity index is 1.50. The lowest BCUT2D eigenvalue weighted by Gasteiger charge is -2.08. The number of nitrogens with zero attached hydrogens (tertiary/aromatic N) is 4. The number of H-pyrrole nitrogens is 1. The number of ether oxygens (including phenoxy) is 1. The predicted molar refractivity (Wildman–Crippen MR) is 117 cm³/mol. The summed E-state index contributed by atoms with van der Waals surface area (Å²) in [5.41, 5.74) is 1.17. The Morgan fingerprint density at radius 2 is 1.84 bits per heavy atom. The molecule has 3 heterocycles. The van der Waals surface area contributed by atoms with Gasteiger partial charge in [0.15, 0.2) is 0 Å². The first-order valence-corrected chi connectivity index (χ1v) is 11.0. The second-order valence-corrected chi connectivity index (χ2v) is 8.73. The second-order valence-electron chi connectivity index (χ2n) is 6.96. The Kier molecular flexibility index (Phi) is 5.63. The maximum absolute atomic E-state index is 12.5. The zero-order chi connectivity index (χ0) is 22.9. The van der Waals surface area contributed by atoms with Crippen LogP contribution in [0.5, 0.6) is 5.88 Å². The van der Waals surface area contributed by atoms with Gasteiger partial charge in [0.2, 0.25) is 15.9 Å². The third-order valence-corrected chi connectivity index (χ3v) is 6.39. The van der Waals surface area contributed by atoms with Gasteiger partial charge in [-0.2, -0.15) is 0 Å². The van der Waals surface area contributed by atoms with Crippen molar-refractivity contribution in [3.05, 3.63) is 69.8 Å². The molecule has 12 heteroatoms. The van der Waals surface area contributed by atoms with Crippen molar-refractivity contribution in [3.63, 3.8) is 0 Å². The van der Waals surface area contributed by atoms with E-state index < -0.39 is 21.3 Å². The van der Waals surface area contributed by atoms with Crippen molar-refractivity contribution < 1.29 is 13.2 Å². The fraction of sp³-hybridized carbons (Fsp3) is 0.200. The number of aromatic amines is 1. The van der Waals surface area contributed by atoms with E-state index in [1.54, 1.807) is 25.2 Å². The average Bonchev–Trinajstić information content (AvgIpc) is 3.26. The fourth-order valence-electron chi connectivity index (χ4n) is 3.20. The first-order valence-electron chi connectivity index (χ1n) is 9.55. The summed E-state index contributed by atoms with van der Waals surface area (Å²) in [4.78, 5) is 35.4. The topological polar surface area (TPSA) is 141 Å². The first kappa shape index (κ1) is 21.5. The maximum Gasteiger partial charge on any atom is 0.331 e. The largest absolute Gasteiger partial charge is 0.475 e. The summed E-state index contributed by atoms with van der Waals surface area (Å²) >= 11 is 0. The van der Waals surface area contributed by atoms with E-state index in [2.05, 4.69) is 19.7 Å². The second kappa shape index (κ2) is 8.40. The van der Waals surface area contributed by atoms with Crippen LogP contribution in [-0.2, 0) is 24.1 Å². The lowest BCUT2D eigenvalue weighted by molar-refractivity contribution is 0.309. The third kappa shape index (κ3) is 4.05. The molecular weight excluding hydrogens is 436 g/mol. The molecule has 0 radical (unpaired) electrons. The Labute approximate surface area is 182 Å². The molecule has 4 rings (SSSR count). The summed E-state index contributed by atoms with van der Waals surface area (Å²) in [6.07, 6.45) is 4.42. The lowest BCUT2D eigenvalue weighted by Crippen LogP contribution is -2.36.